The van der Waals surface area contributed by atoms with Crippen LogP contribution in [0.1, 0.15) is 13.3 Å². The van der Waals surface area contributed by atoms with Gasteiger partial charge in [0.25, 0.3) is 0 Å². The van der Waals surface area contributed by atoms with E-state index in [0.717, 1.165) is 0 Å². The highest BCUT2D eigenvalue weighted by Gasteiger charge is 2.07. The number of hydrogen-bond acceptors (Lipinski definition) is 4. The normalized spacial score (nSPS) is 12.8. The second-order valence-electron chi connectivity index (χ2n) is 2.67. The standard InChI is InChI=1S/C7H12N4O/c1-6(12)7(8)2-4-11-5-3-9-10-11/h3,5,7H,2,4,8H2,1H3/t7-/m0/s1. The van der Waals surface area contributed by atoms with Gasteiger partial charge in [-0.3, -0.25) is 9.48 Å². The minimum atomic E-state index is -0.380. The fourth-order valence-corrected chi connectivity index (χ4v) is 0.827. The van der Waals surface area contributed by atoms with Crippen molar-refractivity contribution in [1.29, 1.82) is 0 Å². The first-order chi connectivity index (χ1) is 5.70. The summed E-state index contributed by atoms with van der Waals surface area (Å²) >= 11 is 0. The molecule has 0 spiro atoms. The van der Waals surface area contributed by atoms with Gasteiger partial charge in [-0.2, -0.15) is 0 Å². The number of aryl methyl sites for hydroxylation is 1. The van der Waals surface area contributed by atoms with E-state index in [9.17, 15) is 4.79 Å². The molecule has 0 bridgehead atoms. The molecular weight excluding hydrogens is 156 g/mol. The maximum absolute atomic E-state index is 10.7. The van der Waals surface area contributed by atoms with Gasteiger partial charge in [0, 0.05) is 12.7 Å². The zero-order chi connectivity index (χ0) is 8.97. The molecule has 0 amide bonds. The third kappa shape index (κ3) is 2.43. The second-order valence-corrected chi connectivity index (χ2v) is 2.67. The Kier molecular flexibility index (Phi) is 2.93. The van der Waals surface area contributed by atoms with E-state index in [-0.39, 0.29) is 11.8 Å². The topological polar surface area (TPSA) is 73.8 Å². The molecule has 0 aliphatic heterocycles. The van der Waals surface area contributed by atoms with Gasteiger partial charge in [-0.15, -0.1) is 5.10 Å². The minimum Gasteiger partial charge on any atom is -0.321 e. The summed E-state index contributed by atoms with van der Waals surface area (Å²) in [7, 11) is 0. The van der Waals surface area contributed by atoms with Crippen molar-refractivity contribution in [1.82, 2.24) is 15.0 Å². The van der Waals surface area contributed by atoms with Gasteiger partial charge in [-0.25, -0.2) is 0 Å². The molecule has 0 aromatic carbocycles. The number of rotatable bonds is 4. The lowest BCUT2D eigenvalue weighted by atomic mass is 10.1. The zero-order valence-corrected chi connectivity index (χ0v) is 6.97. The SMILES string of the molecule is CC(=O)[C@@H](N)CCn1ccnn1. The molecule has 5 heteroatoms. The van der Waals surface area contributed by atoms with E-state index >= 15 is 0 Å². The average Bonchev–Trinajstić information content (AvgIpc) is 2.51. The zero-order valence-electron chi connectivity index (χ0n) is 6.97. The fraction of sp³-hybridized carbons (Fsp3) is 0.571. The Balaban J connectivity index is 2.31. The first kappa shape index (κ1) is 8.86. The molecule has 1 aromatic rings. The van der Waals surface area contributed by atoms with Crippen LogP contribution in [0, 0.1) is 0 Å². The molecule has 0 saturated carbocycles. The maximum Gasteiger partial charge on any atom is 0.146 e. The highest BCUT2D eigenvalue weighted by molar-refractivity contribution is 5.80. The molecule has 1 aromatic heterocycles. The van der Waals surface area contributed by atoms with Crippen molar-refractivity contribution in [3.63, 3.8) is 0 Å². The van der Waals surface area contributed by atoms with Crippen molar-refractivity contribution in [2.45, 2.75) is 25.9 Å². The van der Waals surface area contributed by atoms with Gasteiger partial charge in [0.1, 0.15) is 5.78 Å². The molecule has 0 radical (unpaired) electrons. The van der Waals surface area contributed by atoms with E-state index in [1.54, 1.807) is 17.1 Å². The molecule has 1 heterocycles. The summed E-state index contributed by atoms with van der Waals surface area (Å²) in [5, 5.41) is 7.38. The van der Waals surface area contributed by atoms with Crippen LogP contribution in [0.2, 0.25) is 0 Å². The largest absolute Gasteiger partial charge is 0.321 e. The van der Waals surface area contributed by atoms with E-state index in [1.165, 1.54) is 6.92 Å². The van der Waals surface area contributed by atoms with Crippen LogP contribution in [0.5, 0.6) is 0 Å². The van der Waals surface area contributed by atoms with Crippen LogP contribution in [0.15, 0.2) is 12.4 Å². The quantitative estimate of drug-likeness (QED) is 0.663. The monoisotopic (exact) mass is 168 g/mol. The number of Topliss-reactive ketones (excluding diaryl/α,β-unsaturated/α-hetero) is 1. The Hall–Kier alpha value is -1.23. The molecule has 0 unspecified atom stereocenters. The predicted molar refractivity (Wildman–Crippen MR) is 43.3 cm³/mol. The number of ketones is 1. The number of nitrogens with zero attached hydrogens (tertiary/aromatic N) is 3. The van der Waals surface area contributed by atoms with Crippen molar-refractivity contribution in [2.75, 3.05) is 0 Å². The third-order valence-electron chi connectivity index (χ3n) is 1.66. The van der Waals surface area contributed by atoms with Gasteiger partial charge in [0.15, 0.2) is 0 Å². The summed E-state index contributed by atoms with van der Waals surface area (Å²) in [6.45, 7) is 2.13. The van der Waals surface area contributed by atoms with Gasteiger partial charge < -0.3 is 5.73 Å². The Morgan fingerprint density at radius 1 is 1.75 bits per heavy atom. The van der Waals surface area contributed by atoms with Gasteiger partial charge in [0.2, 0.25) is 0 Å². The Bertz CT molecular complexity index is 244. The van der Waals surface area contributed by atoms with E-state index in [0.29, 0.717) is 13.0 Å². The minimum absolute atomic E-state index is 0.00937. The summed E-state index contributed by atoms with van der Waals surface area (Å²) in [6.07, 6.45) is 3.95. The van der Waals surface area contributed by atoms with Gasteiger partial charge in [0.05, 0.1) is 12.2 Å². The molecule has 1 rings (SSSR count). The number of aromatic nitrogens is 3. The van der Waals surface area contributed by atoms with Crippen molar-refractivity contribution in [3.05, 3.63) is 12.4 Å². The second kappa shape index (κ2) is 3.96. The predicted octanol–water partition coefficient (Wildman–Crippen LogP) is -0.416. The maximum atomic E-state index is 10.7. The van der Waals surface area contributed by atoms with Crippen LogP contribution < -0.4 is 5.73 Å². The van der Waals surface area contributed by atoms with Crippen molar-refractivity contribution < 1.29 is 4.79 Å². The van der Waals surface area contributed by atoms with Crippen LogP contribution in [0.3, 0.4) is 0 Å². The smallest absolute Gasteiger partial charge is 0.146 e. The average molecular weight is 168 g/mol. The van der Waals surface area contributed by atoms with Gasteiger partial charge in [-0.1, -0.05) is 5.21 Å². The van der Waals surface area contributed by atoms with Crippen molar-refractivity contribution >= 4 is 5.78 Å². The molecule has 0 aliphatic rings. The van der Waals surface area contributed by atoms with E-state index in [2.05, 4.69) is 10.3 Å². The summed E-state index contributed by atoms with van der Waals surface area (Å²) in [5.41, 5.74) is 5.52. The number of nitrogens with two attached hydrogens (primary N) is 1. The van der Waals surface area contributed by atoms with Crippen LogP contribution in [0.4, 0.5) is 0 Å². The fourth-order valence-electron chi connectivity index (χ4n) is 0.827. The molecule has 12 heavy (non-hydrogen) atoms. The highest BCUT2D eigenvalue weighted by atomic mass is 16.1. The lowest BCUT2D eigenvalue weighted by Gasteiger charge is -2.05. The molecular formula is C7H12N4O. The van der Waals surface area contributed by atoms with Crippen LogP contribution in [0.25, 0.3) is 0 Å². The first-order valence-electron chi connectivity index (χ1n) is 3.80. The summed E-state index contributed by atoms with van der Waals surface area (Å²) < 4.78 is 1.66. The number of carbonyl (C=O) groups excluding carboxylic acids is 1. The van der Waals surface area contributed by atoms with Crippen molar-refractivity contribution in [3.8, 4) is 0 Å². The molecule has 0 saturated heterocycles. The van der Waals surface area contributed by atoms with E-state index in [4.69, 9.17) is 5.73 Å². The van der Waals surface area contributed by atoms with Crippen LogP contribution in [-0.4, -0.2) is 26.8 Å². The molecule has 66 valence electrons. The summed E-state index contributed by atoms with van der Waals surface area (Å²) in [4.78, 5) is 10.7. The lowest BCUT2D eigenvalue weighted by molar-refractivity contribution is -0.118. The van der Waals surface area contributed by atoms with E-state index < -0.39 is 0 Å². The third-order valence-corrected chi connectivity index (χ3v) is 1.66. The first-order valence-corrected chi connectivity index (χ1v) is 3.80. The highest BCUT2D eigenvalue weighted by Crippen LogP contribution is 1.93. The number of carbonyl (C=O) groups is 1. The summed E-state index contributed by atoms with van der Waals surface area (Å²) in [6, 6.07) is -0.380. The molecule has 2 N–H and O–H groups in total. The van der Waals surface area contributed by atoms with Gasteiger partial charge in [-0.05, 0) is 13.3 Å². The summed E-state index contributed by atoms with van der Waals surface area (Å²) in [5.74, 6) is 0.00937. The van der Waals surface area contributed by atoms with Crippen molar-refractivity contribution in [2.24, 2.45) is 5.73 Å². The number of hydrogen-bond donors (Lipinski definition) is 1. The van der Waals surface area contributed by atoms with E-state index in [1.807, 2.05) is 0 Å². The molecule has 1 atom stereocenters. The lowest BCUT2D eigenvalue weighted by Crippen LogP contribution is -2.29. The Morgan fingerprint density at radius 3 is 3.00 bits per heavy atom. The van der Waals surface area contributed by atoms with Gasteiger partial charge >= 0.3 is 0 Å². The Labute approximate surface area is 70.6 Å². The molecule has 0 fully saturated rings. The van der Waals surface area contributed by atoms with Crippen LogP contribution >= 0.6 is 0 Å². The molecule has 0 aliphatic carbocycles. The Morgan fingerprint density at radius 2 is 2.50 bits per heavy atom. The molecule has 5 nitrogen and oxygen atoms in total. The van der Waals surface area contributed by atoms with Crippen LogP contribution in [-0.2, 0) is 11.3 Å².